The summed E-state index contributed by atoms with van der Waals surface area (Å²) in [5.41, 5.74) is 0.926. The maximum Gasteiger partial charge on any atom is 0.317 e. The van der Waals surface area contributed by atoms with E-state index in [1.807, 2.05) is 36.2 Å². The Labute approximate surface area is 227 Å². The van der Waals surface area contributed by atoms with Crippen molar-refractivity contribution >= 4 is 23.5 Å². The molecule has 37 heavy (non-hydrogen) atoms. The summed E-state index contributed by atoms with van der Waals surface area (Å²) in [5, 5.41) is 9.99. The molecule has 2 fully saturated rings. The van der Waals surface area contributed by atoms with Crippen molar-refractivity contribution in [3.8, 4) is 0 Å². The molecule has 0 spiro atoms. The number of methoxy groups -OCH3 is 1. The van der Waals surface area contributed by atoms with Gasteiger partial charge in [0.15, 0.2) is 0 Å². The van der Waals surface area contributed by atoms with Gasteiger partial charge >= 0.3 is 6.03 Å². The van der Waals surface area contributed by atoms with E-state index in [9.17, 15) is 9.59 Å². The first kappa shape index (κ1) is 29.7. The van der Waals surface area contributed by atoms with Gasteiger partial charge in [0.05, 0.1) is 12.7 Å². The molecule has 2 aliphatic rings. The van der Waals surface area contributed by atoms with Gasteiger partial charge in [-0.15, -0.1) is 0 Å². The van der Waals surface area contributed by atoms with Crippen LogP contribution in [-0.4, -0.2) is 76.4 Å². The summed E-state index contributed by atoms with van der Waals surface area (Å²) in [7, 11) is 3.54. The zero-order valence-corrected chi connectivity index (χ0v) is 23.2. The Morgan fingerprint density at radius 3 is 2.70 bits per heavy atom. The molecule has 1 aromatic carbocycles. The smallest absolute Gasteiger partial charge is 0.317 e. The first-order valence-corrected chi connectivity index (χ1v) is 14.2. The molecule has 3 N–H and O–H groups in total. The maximum absolute atomic E-state index is 13.3. The van der Waals surface area contributed by atoms with Gasteiger partial charge < -0.3 is 30.3 Å². The average Bonchev–Trinajstić information content (AvgIpc) is 2.90. The Balaban J connectivity index is 1.63. The Bertz CT molecular complexity index is 836. The van der Waals surface area contributed by atoms with Crippen LogP contribution in [0.4, 0.5) is 4.79 Å². The zero-order valence-electron chi connectivity index (χ0n) is 22.5. The summed E-state index contributed by atoms with van der Waals surface area (Å²) in [6.45, 7) is 2.89. The molecule has 1 aromatic rings. The molecular weight excluding hydrogens is 492 g/mol. The number of carbonyl (C=O) groups is 2. The van der Waals surface area contributed by atoms with Crippen molar-refractivity contribution in [3.63, 3.8) is 0 Å². The highest BCUT2D eigenvalue weighted by Crippen LogP contribution is 2.34. The molecule has 1 heterocycles. The van der Waals surface area contributed by atoms with Crippen molar-refractivity contribution < 1.29 is 19.1 Å². The van der Waals surface area contributed by atoms with Crippen LogP contribution in [0.3, 0.4) is 0 Å². The number of benzene rings is 1. The predicted molar refractivity (Wildman–Crippen MR) is 147 cm³/mol. The molecule has 3 rings (SSSR count). The number of ether oxygens (including phenoxy) is 2. The Morgan fingerprint density at radius 1 is 1.16 bits per heavy atom. The fourth-order valence-corrected chi connectivity index (χ4v) is 5.87. The van der Waals surface area contributed by atoms with Gasteiger partial charge in [0.25, 0.3) is 0 Å². The number of rotatable bonds is 13. The SMILES string of the molecule is CNCC(CC1CCCCC1)NC(=O)N1CCCC([C@@H](OCC(=O)NCCOC)c2cccc(Cl)c2)C1. The molecule has 0 aromatic heterocycles. The van der Waals surface area contributed by atoms with Crippen LogP contribution in [0.2, 0.25) is 5.02 Å². The molecule has 8 nitrogen and oxygen atoms in total. The number of hydrogen-bond acceptors (Lipinski definition) is 5. The van der Waals surface area contributed by atoms with E-state index in [4.69, 9.17) is 21.1 Å². The molecule has 1 aliphatic carbocycles. The van der Waals surface area contributed by atoms with Crippen LogP contribution in [0.15, 0.2) is 24.3 Å². The van der Waals surface area contributed by atoms with Crippen molar-refractivity contribution in [2.45, 2.75) is 63.5 Å². The van der Waals surface area contributed by atoms with E-state index in [2.05, 4.69) is 16.0 Å². The van der Waals surface area contributed by atoms with Crippen LogP contribution < -0.4 is 16.0 Å². The number of carbonyl (C=O) groups excluding carboxylic acids is 2. The quantitative estimate of drug-likeness (QED) is 0.330. The lowest BCUT2D eigenvalue weighted by Crippen LogP contribution is -2.52. The highest BCUT2D eigenvalue weighted by atomic mass is 35.5. The van der Waals surface area contributed by atoms with Gasteiger partial charge in [-0.2, -0.15) is 0 Å². The minimum Gasteiger partial charge on any atom is -0.383 e. The summed E-state index contributed by atoms with van der Waals surface area (Å²) in [4.78, 5) is 27.6. The molecule has 3 amide bonds. The predicted octanol–water partition coefficient (Wildman–Crippen LogP) is 4.14. The molecule has 9 heteroatoms. The lowest BCUT2D eigenvalue weighted by Gasteiger charge is -2.38. The van der Waals surface area contributed by atoms with Crippen LogP contribution >= 0.6 is 11.6 Å². The second kappa shape index (κ2) is 16.2. The van der Waals surface area contributed by atoms with Gasteiger partial charge in [-0.25, -0.2) is 4.79 Å². The Hall–Kier alpha value is -1.87. The van der Waals surface area contributed by atoms with E-state index in [1.54, 1.807) is 7.11 Å². The molecule has 2 unspecified atom stereocenters. The van der Waals surface area contributed by atoms with Gasteiger partial charge in [0, 0.05) is 50.3 Å². The molecule has 3 atom stereocenters. The van der Waals surface area contributed by atoms with Crippen molar-refractivity contribution in [1.29, 1.82) is 0 Å². The summed E-state index contributed by atoms with van der Waals surface area (Å²) >= 11 is 6.29. The lowest BCUT2D eigenvalue weighted by atomic mass is 9.85. The van der Waals surface area contributed by atoms with Crippen LogP contribution in [-0.2, 0) is 14.3 Å². The van der Waals surface area contributed by atoms with E-state index in [0.717, 1.165) is 37.9 Å². The third-order valence-corrected chi connectivity index (χ3v) is 7.73. The number of amides is 3. The first-order valence-electron chi connectivity index (χ1n) is 13.8. The number of piperidine rings is 1. The number of nitrogens with zero attached hydrogens (tertiary/aromatic N) is 1. The number of nitrogens with one attached hydrogen (secondary N) is 3. The molecule has 0 radical (unpaired) electrons. The maximum atomic E-state index is 13.3. The van der Waals surface area contributed by atoms with Gasteiger partial charge in [0.1, 0.15) is 6.61 Å². The first-order chi connectivity index (χ1) is 18.0. The average molecular weight is 537 g/mol. The Kier molecular flexibility index (Phi) is 13.0. The second-order valence-corrected chi connectivity index (χ2v) is 10.9. The Morgan fingerprint density at radius 2 is 1.97 bits per heavy atom. The number of halogens is 1. The monoisotopic (exact) mass is 536 g/mol. The summed E-state index contributed by atoms with van der Waals surface area (Å²) < 4.78 is 11.2. The van der Waals surface area contributed by atoms with Gasteiger partial charge in [-0.3, -0.25) is 4.79 Å². The molecule has 1 saturated heterocycles. The van der Waals surface area contributed by atoms with Gasteiger partial charge in [-0.05, 0) is 49.9 Å². The molecule has 208 valence electrons. The fourth-order valence-electron chi connectivity index (χ4n) is 5.67. The van der Waals surface area contributed by atoms with Crippen LogP contribution in [0.25, 0.3) is 0 Å². The number of hydrogen-bond donors (Lipinski definition) is 3. The third kappa shape index (κ3) is 10.1. The summed E-state index contributed by atoms with van der Waals surface area (Å²) in [5.74, 6) is 0.565. The number of likely N-dealkylation sites (N-methyl/N-ethyl adjacent to an activating group) is 1. The van der Waals surface area contributed by atoms with Gasteiger partial charge in [0.2, 0.25) is 5.91 Å². The lowest BCUT2D eigenvalue weighted by molar-refractivity contribution is -0.129. The van der Waals surface area contributed by atoms with Crippen molar-refractivity contribution in [1.82, 2.24) is 20.9 Å². The molecule has 1 aliphatic heterocycles. The minimum absolute atomic E-state index is 0.0112. The molecule has 1 saturated carbocycles. The standard InChI is InChI=1S/C28H45ClN4O4/c1-30-18-25(16-21-8-4-3-5-9-21)32-28(35)33-14-7-11-23(19-33)27(22-10-6-12-24(29)17-22)37-20-26(34)31-13-15-36-2/h6,10,12,17,21,23,25,27,30H,3-5,7-9,11,13-16,18-20H2,1-2H3,(H,31,34)(H,32,35)/t23?,25?,27-/m0/s1. The van der Waals surface area contributed by atoms with Crippen LogP contribution in [0, 0.1) is 11.8 Å². The van der Waals surface area contributed by atoms with Crippen LogP contribution in [0.1, 0.15) is 63.0 Å². The second-order valence-electron chi connectivity index (χ2n) is 10.4. The molecular formula is C28H45ClN4O4. The van der Waals surface area contributed by atoms with Crippen molar-refractivity contribution in [3.05, 3.63) is 34.9 Å². The summed E-state index contributed by atoms with van der Waals surface area (Å²) in [6, 6.07) is 7.70. The van der Waals surface area contributed by atoms with Gasteiger partial charge in [-0.1, -0.05) is 55.8 Å². The normalized spacial score (nSPS) is 20.3. The van der Waals surface area contributed by atoms with Crippen LogP contribution in [0.5, 0.6) is 0 Å². The van der Waals surface area contributed by atoms with E-state index in [-0.39, 0.29) is 36.6 Å². The van der Waals surface area contributed by atoms with Crippen molar-refractivity contribution in [2.24, 2.45) is 11.8 Å². The van der Waals surface area contributed by atoms with E-state index in [1.165, 1.54) is 32.1 Å². The number of urea groups is 1. The fraction of sp³-hybridized carbons (Fsp3) is 0.714. The van der Waals surface area contributed by atoms with Crippen molar-refractivity contribution in [2.75, 3.05) is 53.6 Å². The zero-order chi connectivity index (χ0) is 26.5. The van der Waals surface area contributed by atoms with E-state index >= 15 is 0 Å². The third-order valence-electron chi connectivity index (χ3n) is 7.49. The highest BCUT2D eigenvalue weighted by Gasteiger charge is 2.32. The largest absolute Gasteiger partial charge is 0.383 e. The van der Waals surface area contributed by atoms with E-state index in [0.29, 0.717) is 30.6 Å². The van der Waals surface area contributed by atoms with E-state index < -0.39 is 0 Å². The number of likely N-dealkylation sites (tertiary alicyclic amines) is 1. The minimum atomic E-state index is -0.335. The molecule has 0 bridgehead atoms. The topological polar surface area (TPSA) is 91.9 Å². The highest BCUT2D eigenvalue weighted by molar-refractivity contribution is 6.30. The summed E-state index contributed by atoms with van der Waals surface area (Å²) in [6.07, 6.45) is 8.95.